The Balaban J connectivity index is 3.69. The van der Waals surface area contributed by atoms with Gasteiger partial charge in [-0.3, -0.25) is 0 Å². The molecule has 0 amide bonds. The molecule has 1 atom stereocenters. The molecule has 0 aliphatic heterocycles. The van der Waals surface area contributed by atoms with E-state index in [9.17, 15) is 8.42 Å². The smallest absolute Gasteiger partial charge is 0.335 e. The fourth-order valence-corrected chi connectivity index (χ4v) is 0.719. The van der Waals surface area contributed by atoms with Crippen molar-refractivity contribution in [1.29, 1.82) is 0 Å². The maximum absolute atomic E-state index is 10.0. The topological polar surface area (TPSA) is 110 Å². The summed E-state index contributed by atoms with van der Waals surface area (Å²) in [5.74, 6) is 0. The third-order valence-corrected chi connectivity index (χ3v) is 1.11. The first-order chi connectivity index (χ1) is 4.45. The van der Waals surface area contributed by atoms with Crippen molar-refractivity contribution in [2.45, 2.75) is 12.7 Å². The number of rotatable bonds is 4. The molecule has 62 valence electrons. The van der Waals surface area contributed by atoms with E-state index in [1.54, 1.807) is 0 Å². The standard InChI is InChI=1S/C3H9NO5S/c4-10(7,8)9-3(6)1-2-5/h3,5-6H,1-2H2,(H2,4,7,8). The Labute approximate surface area is 58.5 Å². The van der Waals surface area contributed by atoms with Crippen LogP contribution in [0.4, 0.5) is 0 Å². The Morgan fingerprint density at radius 2 is 2.10 bits per heavy atom. The molecule has 0 saturated heterocycles. The fraction of sp³-hybridized carbons (Fsp3) is 1.00. The van der Waals surface area contributed by atoms with Crippen molar-refractivity contribution in [2.24, 2.45) is 5.14 Å². The summed E-state index contributed by atoms with van der Waals surface area (Å²) in [5.41, 5.74) is 0. The van der Waals surface area contributed by atoms with Crippen LogP contribution in [0.3, 0.4) is 0 Å². The summed E-state index contributed by atoms with van der Waals surface area (Å²) in [7, 11) is -4.11. The first kappa shape index (κ1) is 9.79. The monoisotopic (exact) mass is 171 g/mol. The van der Waals surface area contributed by atoms with E-state index < -0.39 is 16.6 Å². The molecule has 0 rings (SSSR count). The number of hydrogen-bond acceptors (Lipinski definition) is 5. The summed E-state index contributed by atoms with van der Waals surface area (Å²) in [4.78, 5) is 0. The molecule has 0 aromatic heterocycles. The summed E-state index contributed by atoms with van der Waals surface area (Å²) in [5, 5.41) is 21.1. The lowest BCUT2D eigenvalue weighted by atomic mass is 10.5. The van der Waals surface area contributed by atoms with E-state index in [-0.39, 0.29) is 13.0 Å². The summed E-state index contributed by atoms with van der Waals surface area (Å²) >= 11 is 0. The van der Waals surface area contributed by atoms with Crippen LogP contribution in [0.5, 0.6) is 0 Å². The molecule has 0 aliphatic rings. The van der Waals surface area contributed by atoms with Gasteiger partial charge in [0.15, 0.2) is 6.29 Å². The maximum atomic E-state index is 10.0. The lowest BCUT2D eigenvalue weighted by molar-refractivity contribution is -0.0276. The van der Waals surface area contributed by atoms with Crippen molar-refractivity contribution in [3.63, 3.8) is 0 Å². The van der Waals surface area contributed by atoms with Crippen molar-refractivity contribution >= 4 is 10.3 Å². The van der Waals surface area contributed by atoms with Crippen LogP contribution in [0, 0.1) is 0 Å². The molecule has 1 unspecified atom stereocenters. The first-order valence-corrected chi connectivity index (χ1v) is 3.93. The minimum absolute atomic E-state index is 0.184. The number of hydrogen-bond donors (Lipinski definition) is 3. The zero-order valence-electron chi connectivity index (χ0n) is 5.10. The highest BCUT2D eigenvalue weighted by Crippen LogP contribution is 1.95. The summed E-state index contributed by atoms with van der Waals surface area (Å²) in [6, 6.07) is 0. The lowest BCUT2D eigenvalue weighted by Gasteiger charge is -2.06. The van der Waals surface area contributed by atoms with E-state index >= 15 is 0 Å². The molecule has 4 N–H and O–H groups in total. The number of nitrogens with two attached hydrogens (primary N) is 1. The quantitative estimate of drug-likeness (QED) is 0.420. The van der Waals surface area contributed by atoms with Gasteiger partial charge in [0, 0.05) is 13.0 Å². The first-order valence-electron chi connectivity index (χ1n) is 2.45. The molecular weight excluding hydrogens is 162 g/mol. The van der Waals surface area contributed by atoms with Crippen molar-refractivity contribution in [1.82, 2.24) is 0 Å². The average Bonchev–Trinajstić information content (AvgIpc) is 1.59. The minimum Gasteiger partial charge on any atom is -0.396 e. The van der Waals surface area contributed by atoms with Crippen LogP contribution >= 0.6 is 0 Å². The van der Waals surface area contributed by atoms with Crippen molar-refractivity contribution in [3.8, 4) is 0 Å². The van der Waals surface area contributed by atoms with Gasteiger partial charge in [-0.05, 0) is 0 Å². The Morgan fingerprint density at radius 1 is 1.60 bits per heavy atom. The Kier molecular flexibility index (Phi) is 3.76. The second-order valence-electron chi connectivity index (χ2n) is 1.56. The van der Waals surface area contributed by atoms with E-state index in [1.807, 2.05) is 0 Å². The predicted molar refractivity (Wildman–Crippen MR) is 31.9 cm³/mol. The fourth-order valence-electron chi connectivity index (χ4n) is 0.313. The van der Waals surface area contributed by atoms with Gasteiger partial charge in [0.05, 0.1) is 0 Å². The van der Waals surface area contributed by atoms with Crippen LogP contribution in [0.1, 0.15) is 6.42 Å². The zero-order valence-corrected chi connectivity index (χ0v) is 5.91. The molecule has 0 spiro atoms. The van der Waals surface area contributed by atoms with Crippen molar-refractivity contribution in [3.05, 3.63) is 0 Å². The van der Waals surface area contributed by atoms with Gasteiger partial charge in [0.25, 0.3) is 0 Å². The second kappa shape index (κ2) is 3.84. The molecule has 0 fully saturated rings. The van der Waals surface area contributed by atoms with E-state index in [0.29, 0.717) is 0 Å². The lowest BCUT2D eigenvalue weighted by Crippen LogP contribution is -2.24. The molecule has 0 saturated carbocycles. The molecule has 7 heteroatoms. The third-order valence-electron chi connectivity index (χ3n) is 0.621. The van der Waals surface area contributed by atoms with E-state index in [4.69, 9.17) is 10.2 Å². The van der Waals surface area contributed by atoms with Gasteiger partial charge < -0.3 is 10.2 Å². The van der Waals surface area contributed by atoms with E-state index in [0.717, 1.165) is 0 Å². The molecule has 10 heavy (non-hydrogen) atoms. The molecule has 0 aromatic rings. The molecule has 0 aromatic carbocycles. The van der Waals surface area contributed by atoms with Crippen LogP contribution in [0.15, 0.2) is 0 Å². The van der Waals surface area contributed by atoms with E-state index in [1.165, 1.54) is 0 Å². The van der Waals surface area contributed by atoms with E-state index in [2.05, 4.69) is 9.32 Å². The summed E-state index contributed by atoms with van der Waals surface area (Å²) in [6.45, 7) is -0.364. The molecular formula is C3H9NO5S. The highest BCUT2D eigenvalue weighted by Gasteiger charge is 2.10. The van der Waals surface area contributed by atoms with Gasteiger partial charge in [0.2, 0.25) is 0 Å². The molecule has 0 heterocycles. The van der Waals surface area contributed by atoms with Crippen LogP contribution in [-0.4, -0.2) is 31.5 Å². The molecule has 0 radical (unpaired) electrons. The third kappa shape index (κ3) is 5.92. The molecule has 0 aliphatic carbocycles. The average molecular weight is 171 g/mol. The van der Waals surface area contributed by atoms with Crippen LogP contribution in [-0.2, 0) is 14.5 Å². The van der Waals surface area contributed by atoms with Crippen LogP contribution < -0.4 is 5.14 Å². The maximum Gasteiger partial charge on any atom is 0.335 e. The molecule has 6 nitrogen and oxygen atoms in total. The van der Waals surface area contributed by atoms with Crippen LogP contribution in [0.2, 0.25) is 0 Å². The highest BCUT2D eigenvalue weighted by molar-refractivity contribution is 7.84. The summed E-state index contributed by atoms with van der Waals surface area (Å²) < 4.78 is 23.9. The van der Waals surface area contributed by atoms with Crippen molar-refractivity contribution in [2.75, 3.05) is 6.61 Å². The van der Waals surface area contributed by atoms with Gasteiger partial charge in [-0.2, -0.15) is 8.42 Å². The van der Waals surface area contributed by atoms with Crippen molar-refractivity contribution < 1.29 is 22.8 Å². The normalized spacial score (nSPS) is 15.1. The largest absolute Gasteiger partial charge is 0.396 e. The SMILES string of the molecule is NS(=O)(=O)OC(O)CCO. The minimum atomic E-state index is -4.11. The van der Waals surface area contributed by atoms with Gasteiger partial charge >= 0.3 is 10.3 Å². The number of aliphatic hydroxyl groups is 2. The van der Waals surface area contributed by atoms with Gasteiger partial charge in [-0.1, -0.05) is 0 Å². The van der Waals surface area contributed by atoms with Gasteiger partial charge in [0.1, 0.15) is 0 Å². The Morgan fingerprint density at radius 3 is 2.40 bits per heavy atom. The predicted octanol–water partition coefficient (Wildman–Crippen LogP) is -2.09. The Hall–Kier alpha value is -0.210. The zero-order chi connectivity index (χ0) is 8.20. The summed E-state index contributed by atoms with van der Waals surface area (Å²) in [6.07, 6.45) is -1.74. The number of aliphatic hydroxyl groups excluding tert-OH is 2. The molecule has 0 bridgehead atoms. The van der Waals surface area contributed by atoms with Gasteiger partial charge in [-0.25, -0.2) is 9.32 Å². The Bertz CT molecular complexity index is 175. The second-order valence-corrected chi connectivity index (χ2v) is 2.73. The van der Waals surface area contributed by atoms with Gasteiger partial charge in [-0.15, -0.1) is 0 Å². The highest BCUT2D eigenvalue weighted by atomic mass is 32.2. The van der Waals surface area contributed by atoms with Crippen LogP contribution in [0.25, 0.3) is 0 Å².